The van der Waals surface area contributed by atoms with Crippen LogP contribution in [-0.4, -0.2) is 5.71 Å². The average molecular weight is 153 g/mol. The van der Waals surface area contributed by atoms with Crippen LogP contribution in [0, 0.1) is 0 Å². The van der Waals surface area contributed by atoms with E-state index >= 15 is 0 Å². The summed E-state index contributed by atoms with van der Waals surface area (Å²) in [6.07, 6.45) is 5.54. The lowest BCUT2D eigenvalue weighted by Gasteiger charge is -1.97. The molecule has 0 N–H and O–H groups in total. The van der Waals surface area contributed by atoms with Crippen molar-refractivity contribution < 1.29 is 0 Å². The van der Waals surface area contributed by atoms with Crippen LogP contribution >= 0.6 is 0 Å². The van der Waals surface area contributed by atoms with Crippen molar-refractivity contribution in [1.82, 2.24) is 0 Å². The van der Waals surface area contributed by atoms with Gasteiger partial charge in [0, 0.05) is 11.4 Å². The van der Waals surface area contributed by atoms with Crippen LogP contribution < -0.4 is 0 Å². The van der Waals surface area contributed by atoms with Gasteiger partial charge in [-0.2, -0.15) is 0 Å². The fourth-order valence-corrected chi connectivity index (χ4v) is 1.06. The zero-order valence-corrected chi connectivity index (χ0v) is 8.15. The van der Waals surface area contributed by atoms with Gasteiger partial charge in [0.05, 0.1) is 0 Å². The topological polar surface area (TPSA) is 12.4 Å². The summed E-state index contributed by atoms with van der Waals surface area (Å²) in [6.45, 7) is 8.46. The molecule has 11 heavy (non-hydrogen) atoms. The predicted octanol–water partition coefficient (Wildman–Crippen LogP) is 3.56. The molecule has 0 amide bonds. The molecule has 1 nitrogen and oxygen atoms in total. The number of hydrogen-bond acceptors (Lipinski definition) is 1. The first kappa shape index (κ1) is 10.4. The van der Waals surface area contributed by atoms with Gasteiger partial charge < -0.3 is 0 Å². The molecule has 0 aliphatic rings. The van der Waals surface area contributed by atoms with E-state index in [9.17, 15) is 0 Å². The highest BCUT2D eigenvalue weighted by molar-refractivity contribution is 5.82. The molecule has 0 saturated carbocycles. The second-order valence-electron chi connectivity index (χ2n) is 2.85. The van der Waals surface area contributed by atoms with Gasteiger partial charge in [0.15, 0.2) is 0 Å². The second kappa shape index (κ2) is 6.14. The molecule has 0 aromatic carbocycles. The second-order valence-corrected chi connectivity index (χ2v) is 2.85. The van der Waals surface area contributed by atoms with Crippen LogP contribution in [-0.2, 0) is 0 Å². The van der Waals surface area contributed by atoms with Gasteiger partial charge in [-0.1, -0.05) is 26.3 Å². The van der Waals surface area contributed by atoms with E-state index in [4.69, 9.17) is 0 Å². The van der Waals surface area contributed by atoms with Crippen LogP contribution in [0.5, 0.6) is 0 Å². The van der Waals surface area contributed by atoms with Gasteiger partial charge in [0.1, 0.15) is 0 Å². The maximum absolute atomic E-state index is 4.43. The van der Waals surface area contributed by atoms with Crippen molar-refractivity contribution in [2.45, 2.75) is 47.0 Å². The van der Waals surface area contributed by atoms with E-state index in [1.165, 1.54) is 12.1 Å². The van der Waals surface area contributed by atoms with Crippen LogP contribution in [0.4, 0.5) is 0 Å². The summed E-state index contributed by atoms with van der Waals surface area (Å²) in [5.74, 6) is 0. The van der Waals surface area contributed by atoms with Crippen molar-refractivity contribution in [2.75, 3.05) is 0 Å². The molecule has 0 unspecified atom stereocenters. The fraction of sp³-hybridized carbons (Fsp3) is 0.700. The zero-order valence-electron chi connectivity index (χ0n) is 8.15. The number of aliphatic imine (C=N–C) groups is 1. The highest BCUT2D eigenvalue weighted by Gasteiger charge is 1.88. The number of rotatable bonds is 4. The molecular formula is C10H19N. The summed E-state index contributed by atoms with van der Waals surface area (Å²) in [4.78, 5) is 4.43. The Labute approximate surface area is 70.2 Å². The van der Waals surface area contributed by atoms with Crippen molar-refractivity contribution in [3.05, 3.63) is 11.8 Å². The first-order valence-corrected chi connectivity index (χ1v) is 4.41. The van der Waals surface area contributed by atoms with E-state index < -0.39 is 0 Å². The van der Waals surface area contributed by atoms with Crippen LogP contribution in [0.25, 0.3) is 0 Å². The fourth-order valence-electron chi connectivity index (χ4n) is 1.06. The van der Waals surface area contributed by atoms with Gasteiger partial charge in [-0.25, -0.2) is 0 Å². The molecule has 0 atom stereocenters. The molecular weight excluding hydrogens is 134 g/mol. The SMILES string of the molecule is CCC=C(C)N=C(C)CCC. The molecule has 0 aromatic rings. The highest BCUT2D eigenvalue weighted by atomic mass is 14.7. The Morgan fingerprint density at radius 2 is 1.91 bits per heavy atom. The Kier molecular flexibility index (Phi) is 5.81. The smallest absolute Gasteiger partial charge is 0.0332 e. The third kappa shape index (κ3) is 5.84. The van der Waals surface area contributed by atoms with Crippen molar-refractivity contribution in [1.29, 1.82) is 0 Å². The molecule has 0 fully saturated rings. The predicted molar refractivity (Wildman–Crippen MR) is 52.1 cm³/mol. The summed E-state index contributed by atoms with van der Waals surface area (Å²) in [7, 11) is 0. The molecule has 0 rings (SSSR count). The van der Waals surface area contributed by atoms with Gasteiger partial charge in [-0.05, 0) is 26.7 Å². The average Bonchev–Trinajstić information content (AvgIpc) is 1.87. The molecule has 0 radical (unpaired) electrons. The van der Waals surface area contributed by atoms with E-state index in [0.717, 1.165) is 18.5 Å². The standard InChI is InChI=1S/C10H19N/c1-5-7-9(3)11-10(4)8-6-2/h7H,5-6,8H2,1-4H3. The van der Waals surface area contributed by atoms with Crippen LogP contribution in [0.3, 0.4) is 0 Å². The van der Waals surface area contributed by atoms with Gasteiger partial charge in [0.25, 0.3) is 0 Å². The van der Waals surface area contributed by atoms with E-state index in [-0.39, 0.29) is 0 Å². The van der Waals surface area contributed by atoms with Crippen LogP contribution in [0.15, 0.2) is 16.8 Å². The summed E-state index contributed by atoms with van der Waals surface area (Å²) in [6, 6.07) is 0. The van der Waals surface area contributed by atoms with Crippen LogP contribution in [0.2, 0.25) is 0 Å². The molecule has 1 heteroatoms. The molecule has 0 aromatic heterocycles. The molecule has 0 heterocycles. The number of nitrogens with zero attached hydrogens (tertiary/aromatic N) is 1. The minimum Gasteiger partial charge on any atom is -0.263 e. The van der Waals surface area contributed by atoms with Crippen molar-refractivity contribution >= 4 is 5.71 Å². The normalized spacial score (nSPS) is 13.8. The summed E-state index contributed by atoms with van der Waals surface area (Å²) in [5, 5.41) is 0. The van der Waals surface area contributed by atoms with Crippen molar-refractivity contribution in [3.8, 4) is 0 Å². The van der Waals surface area contributed by atoms with E-state index in [2.05, 4.69) is 38.8 Å². The first-order chi connectivity index (χ1) is 5.20. The molecule has 0 spiro atoms. The molecule has 0 bridgehead atoms. The Balaban J connectivity index is 3.96. The maximum atomic E-state index is 4.43. The Morgan fingerprint density at radius 3 is 2.36 bits per heavy atom. The van der Waals surface area contributed by atoms with Crippen molar-refractivity contribution in [2.24, 2.45) is 4.99 Å². The third-order valence-electron chi connectivity index (χ3n) is 1.48. The lowest BCUT2D eigenvalue weighted by atomic mass is 10.2. The van der Waals surface area contributed by atoms with Gasteiger partial charge in [-0.3, -0.25) is 4.99 Å². The van der Waals surface area contributed by atoms with Gasteiger partial charge in [0.2, 0.25) is 0 Å². The van der Waals surface area contributed by atoms with Crippen molar-refractivity contribution in [3.63, 3.8) is 0 Å². The lowest BCUT2D eigenvalue weighted by Crippen LogP contribution is -1.89. The van der Waals surface area contributed by atoms with E-state index in [0.29, 0.717) is 0 Å². The number of allylic oxidation sites excluding steroid dienone is 2. The zero-order chi connectivity index (χ0) is 8.69. The van der Waals surface area contributed by atoms with Gasteiger partial charge >= 0.3 is 0 Å². The monoisotopic (exact) mass is 153 g/mol. The van der Waals surface area contributed by atoms with Crippen LogP contribution in [0.1, 0.15) is 47.0 Å². The summed E-state index contributed by atoms with van der Waals surface area (Å²) in [5.41, 5.74) is 2.40. The largest absolute Gasteiger partial charge is 0.263 e. The quantitative estimate of drug-likeness (QED) is 0.547. The Bertz CT molecular complexity index is 154. The lowest BCUT2D eigenvalue weighted by molar-refractivity contribution is 0.982. The van der Waals surface area contributed by atoms with E-state index in [1.54, 1.807) is 0 Å². The molecule has 0 aliphatic carbocycles. The summed E-state index contributed by atoms with van der Waals surface area (Å²) < 4.78 is 0. The summed E-state index contributed by atoms with van der Waals surface area (Å²) >= 11 is 0. The maximum Gasteiger partial charge on any atom is 0.0332 e. The minimum atomic E-state index is 1.08. The first-order valence-electron chi connectivity index (χ1n) is 4.41. The third-order valence-corrected chi connectivity index (χ3v) is 1.48. The molecule has 0 aliphatic heterocycles. The van der Waals surface area contributed by atoms with E-state index in [1.807, 2.05) is 0 Å². The molecule has 64 valence electrons. The number of hydrogen-bond donors (Lipinski definition) is 0. The Morgan fingerprint density at radius 1 is 1.27 bits per heavy atom. The molecule has 0 saturated heterocycles. The van der Waals surface area contributed by atoms with Gasteiger partial charge in [-0.15, -0.1) is 0 Å². The Hall–Kier alpha value is -0.590. The minimum absolute atomic E-state index is 1.08. The highest BCUT2D eigenvalue weighted by Crippen LogP contribution is 2.00.